The van der Waals surface area contributed by atoms with Crippen LogP contribution in [0.2, 0.25) is 0 Å². The Balaban J connectivity index is 2.92. The number of methoxy groups -OCH3 is 1. The fourth-order valence-electron chi connectivity index (χ4n) is 1.16. The molecule has 1 aromatic carbocycles. The lowest BCUT2D eigenvalue weighted by molar-refractivity contribution is -0.396. The van der Waals surface area contributed by atoms with E-state index in [-0.39, 0.29) is 4.90 Å². The number of carbonyl (C=O) groups is 1. The number of carbonyl (C=O) groups excluding carboxylic acids is 1. The number of esters is 1. The molecule has 0 N–H and O–H groups in total. The Labute approximate surface area is 117 Å². The number of hydrogen-bond donors (Lipinski definition) is 0. The predicted octanol–water partition coefficient (Wildman–Crippen LogP) is 2.09. The van der Waals surface area contributed by atoms with E-state index in [0.29, 0.717) is 12.0 Å². The number of nitro groups is 2. The van der Waals surface area contributed by atoms with Gasteiger partial charge in [0, 0.05) is 18.1 Å². The zero-order valence-electron chi connectivity index (χ0n) is 10.5. The lowest BCUT2D eigenvalue weighted by atomic mass is 10.3. The standard InChI is InChI=1S/C10H10N2O7S/c1-6(10(13)18-2)19-20-9-4-3-7(11(14)15)5-8(9)12(16)17/h3-6H,1-2H3/t6-/m0/s1. The fourth-order valence-corrected chi connectivity index (χ4v) is 1.83. The first-order valence-corrected chi connectivity index (χ1v) is 5.95. The van der Waals surface area contributed by atoms with E-state index in [4.69, 9.17) is 4.18 Å². The molecule has 0 aromatic heterocycles. The molecular formula is C10H10N2O7S. The summed E-state index contributed by atoms with van der Waals surface area (Å²) in [4.78, 5) is 31.1. The average Bonchev–Trinajstić information content (AvgIpc) is 2.43. The van der Waals surface area contributed by atoms with E-state index in [1.165, 1.54) is 20.1 Å². The van der Waals surface area contributed by atoms with Gasteiger partial charge in [-0.05, 0) is 13.0 Å². The minimum Gasteiger partial charge on any atom is -0.467 e. The molecule has 0 unspecified atom stereocenters. The molecule has 0 aliphatic heterocycles. The van der Waals surface area contributed by atoms with E-state index in [9.17, 15) is 25.0 Å². The smallest absolute Gasteiger partial charge is 0.336 e. The van der Waals surface area contributed by atoms with Gasteiger partial charge in [0.05, 0.1) is 23.0 Å². The number of benzene rings is 1. The Morgan fingerprint density at radius 2 is 1.95 bits per heavy atom. The third-order valence-corrected chi connectivity index (χ3v) is 3.08. The van der Waals surface area contributed by atoms with Crippen molar-refractivity contribution in [2.24, 2.45) is 0 Å². The highest BCUT2D eigenvalue weighted by Gasteiger charge is 2.22. The van der Waals surface area contributed by atoms with E-state index in [1.54, 1.807) is 0 Å². The Kier molecular flexibility index (Phi) is 5.41. The van der Waals surface area contributed by atoms with Gasteiger partial charge in [-0.1, -0.05) is 0 Å². The monoisotopic (exact) mass is 302 g/mol. The van der Waals surface area contributed by atoms with Crippen LogP contribution in [0.1, 0.15) is 6.92 Å². The number of nitrogens with zero attached hydrogens (tertiary/aromatic N) is 2. The molecule has 108 valence electrons. The van der Waals surface area contributed by atoms with Gasteiger partial charge in [0.25, 0.3) is 11.4 Å². The van der Waals surface area contributed by atoms with Crippen molar-refractivity contribution in [2.45, 2.75) is 17.9 Å². The second-order valence-corrected chi connectivity index (χ2v) is 4.31. The molecule has 20 heavy (non-hydrogen) atoms. The van der Waals surface area contributed by atoms with Gasteiger partial charge < -0.3 is 4.74 Å². The summed E-state index contributed by atoms with van der Waals surface area (Å²) in [5.74, 6) is -0.637. The van der Waals surface area contributed by atoms with Gasteiger partial charge >= 0.3 is 5.97 Å². The number of rotatable bonds is 6. The van der Waals surface area contributed by atoms with Gasteiger partial charge in [-0.15, -0.1) is 0 Å². The molecule has 1 aromatic rings. The van der Waals surface area contributed by atoms with Crippen molar-refractivity contribution >= 4 is 29.4 Å². The van der Waals surface area contributed by atoms with Gasteiger partial charge in [-0.3, -0.25) is 24.4 Å². The van der Waals surface area contributed by atoms with Crippen LogP contribution in [0.3, 0.4) is 0 Å². The average molecular weight is 302 g/mol. The Morgan fingerprint density at radius 1 is 1.30 bits per heavy atom. The number of hydrogen-bond acceptors (Lipinski definition) is 8. The van der Waals surface area contributed by atoms with Crippen LogP contribution in [0, 0.1) is 20.2 Å². The third kappa shape index (κ3) is 3.90. The molecule has 9 nitrogen and oxygen atoms in total. The van der Waals surface area contributed by atoms with E-state index in [0.717, 1.165) is 12.1 Å². The lowest BCUT2D eigenvalue weighted by Gasteiger charge is -2.09. The topological polar surface area (TPSA) is 122 Å². The van der Waals surface area contributed by atoms with Crippen LogP contribution in [0.15, 0.2) is 23.1 Å². The molecule has 10 heteroatoms. The summed E-state index contributed by atoms with van der Waals surface area (Å²) in [6.07, 6.45) is -0.931. The Morgan fingerprint density at radius 3 is 2.45 bits per heavy atom. The van der Waals surface area contributed by atoms with Gasteiger partial charge in [0.15, 0.2) is 6.10 Å². The molecule has 0 bridgehead atoms. The first-order chi connectivity index (χ1) is 9.36. The summed E-state index contributed by atoms with van der Waals surface area (Å²) in [5, 5.41) is 21.4. The molecule has 1 atom stereocenters. The van der Waals surface area contributed by atoms with Gasteiger partial charge in [0.2, 0.25) is 0 Å². The van der Waals surface area contributed by atoms with Gasteiger partial charge in [-0.25, -0.2) is 4.79 Å². The van der Waals surface area contributed by atoms with E-state index in [2.05, 4.69) is 4.74 Å². The third-order valence-electron chi connectivity index (χ3n) is 2.17. The van der Waals surface area contributed by atoms with Crippen LogP contribution >= 0.6 is 12.0 Å². The summed E-state index contributed by atoms with van der Waals surface area (Å²) in [5.41, 5.74) is -0.872. The summed E-state index contributed by atoms with van der Waals surface area (Å²) >= 11 is 0.582. The van der Waals surface area contributed by atoms with Crippen LogP contribution in [0.4, 0.5) is 11.4 Å². The SMILES string of the molecule is COC(=O)[C@H](C)OSc1ccc([N+](=O)[O-])cc1[N+](=O)[O-]. The largest absolute Gasteiger partial charge is 0.467 e. The van der Waals surface area contributed by atoms with Crippen molar-refractivity contribution in [3.05, 3.63) is 38.4 Å². The normalized spacial score (nSPS) is 11.7. The zero-order chi connectivity index (χ0) is 15.3. The number of non-ortho nitro benzene ring substituents is 1. The lowest BCUT2D eigenvalue weighted by Crippen LogP contribution is -2.19. The van der Waals surface area contributed by atoms with Crippen LogP contribution < -0.4 is 0 Å². The molecule has 0 spiro atoms. The maximum Gasteiger partial charge on any atom is 0.336 e. The first kappa shape index (κ1) is 15.9. The molecule has 0 fully saturated rings. The van der Waals surface area contributed by atoms with E-state index >= 15 is 0 Å². The Hall–Kier alpha value is -2.20. The summed E-state index contributed by atoms with van der Waals surface area (Å²) in [7, 11) is 1.18. The molecule has 0 aliphatic carbocycles. The number of nitro benzene ring substituents is 2. The van der Waals surface area contributed by atoms with Crippen LogP contribution in [-0.4, -0.2) is 29.0 Å². The molecule has 1 rings (SSSR count). The molecule has 0 heterocycles. The van der Waals surface area contributed by atoms with Gasteiger partial charge in [-0.2, -0.15) is 0 Å². The quantitative estimate of drug-likeness (QED) is 0.339. The van der Waals surface area contributed by atoms with Crippen molar-refractivity contribution in [1.82, 2.24) is 0 Å². The zero-order valence-corrected chi connectivity index (χ0v) is 11.3. The van der Waals surface area contributed by atoms with E-state index in [1.807, 2.05) is 0 Å². The highest BCUT2D eigenvalue weighted by molar-refractivity contribution is 7.94. The van der Waals surface area contributed by atoms with Gasteiger partial charge in [0.1, 0.15) is 4.90 Å². The van der Waals surface area contributed by atoms with Crippen molar-refractivity contribution in [3.63, 3.8) is 0 Å². The summed E-state index contributed by atoms with van der Waals surface area (Å²) in [6, 6.07) is 3.13. The van der Waals surface area contributed by atoms with E-state index < -0.39 is 33.3 Å². The molecular weight excluding hydrogens is 292 g/mol. The van der Waals surface area contributed by atoms with Crippen molar-refractivity contribution in [2.75, 3.05) is 7.11 Å². The maximum atomic E-state index is 11.1. The number of ether oxygens (including phenoxy) is 1. The van der Waals surface area contributed by atoms with Crippen LogP contribution in [0.5, 0.6) is 0 Å². The minimum atomic E-state index is -0.931. The predicted molar refractivity (Wildman–Crippen MR) is 68.2 cm³/mol. The van der Waals surface area contributed by atoms with Crippen molar-refractivity contribution in [1.29, 1.82) is 0 Å². The highest BCUT2D eigenvalue weighted by atomic mass is 32.2. The molecule has 0 amide bonds. The second-order valence-electron chi connectivity index (χ2n) is 3.51. The molecule has 0 aliphatic rings. The van der Waals surface area contributed by atoms with Crippen LogP contribution in [-0.2, 0) is 13.7 Å². The minimum absolute atomic E-state index is 0.0522. The van der Waals surface area contributed by atoms with Crippen molar-refractivity contribution < 1.29 is 23.6 Å². The van der Waals surface area contributed by atoms with Crippen LogP contribution in [0.25, 0.3) is 0 Å². The summed E-state index contributed by atoms with van der Waals surface area (Å²) in [6.45, 7) is 1.41. The molecule has 0 saturated heterocycles. The first-order valence-electron chi connectivity index (χ1n) is 5.20. The molecule has 0 saturated carbocycles. The highest BCUT2D eigenvalue weighted by Crippen LogP contribution is 2.33. The summed E-state index contributed by atoms with van der Waals surface area (Å²) < 4.78 is 9.47. The Bertz CT molecular complexity index is 548. The maximum absolute atomic E-state index is 11.1. The van der Waals surface area contributed by atoms with Crippen molar-refractivity contribution in [3.8, 4) is 0 Å². The second kappa shape index (κ2) is 6.82. The fraction of sp³-hybridized carbons (Fsp3) is 0.300. The molecule has 0 radical (unpaired) electrons.